The number of anilines is 1. The van der Waals surface area contributed by atoms with E-state index in [1.807, 2.05) is 16.4 Å². The van der Waals surface area contributed by atoms with Crippen LogP contribution in [0.25, 0.3) is 10.9 Å². The number of halogens is 1. The Balaban J connectivity index is 0.000000292. The van der Waals surface area contributed by atoms with Crippen LogP contribution in [0, 0.1) is 5.82 Å². The van der Waals surface area contributed by atoms with Crippen LogP contribution in [0.3, 0.4) is 0 Å². The molecule has 2 aromatic rings. The van der Waals surface area contributed by atoms with Gasteiger partial charge in [-0.3, -0.25) is 9.59 Å². The third kappa shape index (κ3) is 5.88. The molecule has 1 aromatic heterocycles. The molecule has 2 heterocycles. The van der Waals surface area contributed by atoms with Crippen LogP contribution < -0.4 is 21.4 Å². The van der Waals surface area contributed by atoms with E-state index in [1.54, 1.807) is 6.07 Å². The summed E-state index contributed by atoms with van der Waals surface area (Å²) in [6.07, 6.45) is 5.78. The molecule has 1 aromatic carbocycles. The molecule has 0 radical (unpaired) electrons. The summed E-state index contributed by atoms with van der Waals surface area (Å²) >= 11 is 0. The van der Waals surface area contributed by atoms with E-state index in [9.17, 15) is 23.9 Å². The number of carbonyl (C=O) groups is 2. The highest BCUT2D eigenvalue weighted by atomic mass is 19.1. The predicted molar refractivity (Wildman–Crippen MR) is 124 cm³/mol. The van der Waals surface area contributed by atoms with Gasteiger partial charge in [0.05, 0.1) is 11.2 Å². The zero-order valence-corrected chi connectivity index (χ0v) is 18.7. The molecule has 1 aliphatic carbocycles. The number of aliphatic carboxylic acids is 1. The molecular formula is C23H31FN4O5. The number of rotatable bonds is 7. The summed E-state index contributed by atoms with van der Waals surface area (Å²) in [5, 5.41) is 20.9. The summed E-state index contributed by atoms with van der Waals surface area (Å²) < 4.78 is 16.4. The van der Waals surface area contributed by atoms with Crippen molar-refractivity contribution in [1.82, 2.24) is 9.88 Å². The Hall–Kier alpha value is -2.98. The lowest BCUT2D eigenvalue weighted by Gasteiger charge is -2.30. The zero-order valence-electron chi connectivity index (χ0n) is 18.7. The lowest BCUT2D eigenvalue weighted by molar-refractivity contribution is -0.138. The van der Waals surface area contributed by atoms with E-state index in [1.165, 1.54) is 12.3 Å². The van der Waals surface area contributed by atoms with Crippen molar-refractivity contribution in [3.05, 3.63) is 39.9 Å². The van der Waals surface area contributed by atoms with E-state index in [0.717, 1.165) is 38.8 Å². The molecule has 1 aliphatic heterocycles. The minimum absolute atomic E-state index is 0.137. The maximum atomic E-state index is 14.6. The van der Waals surface area contributed by atoms with Crippen LogP contribution in [0.1, 0.15) is 55.4 Å². The largest absolute Gasteiger partial charge is 0.480 e. The van der Waals surface area contributed by atoms with Gasteiger partial charge in [0.2, 0.25) is 5.43 Å². The number of benzene rings is 1. The van der Waals surface area contributed by atoms with E-state index >= 15 is 0 Å². The number of pyridine rings is 1. The van der Waals surface area contributed by atoms with E-state index in [2.05, 4.69) is 5.32 Å². The minimum Gasteiger partial charge on any atom is -0.480 e. The van der Waals surface area contributed by atoms with E-state index in [4.69, 9.17) is 10.8 Å². The van der Waals surface area contributed by atoms with Gasteiger partial charge in [-0.2, -0.15) is 0 Å². The van der Waals surface area contributed by atoms with Gasteiger partial charge in [-0.15, -0.1) is 0 Å². The van der Waals surface area contributed by atoms with E-state index in [0.29, 0.717) is 30.7 Å². The fourth-order valence-electron chi connectivity index (χ4n) is 3.86. The third-order valence-corrected chi connectivity index (χ3v) is 5.91. The first-order valence-electron chi connectivity index (χ1n) is 11.3. The molecule has 33 heavy (non-hydrogen) atoms. The molecule has 1 atom stereocenters. The molecule has 0 amide bonds. The highest BCUT2D eigenvalue weighted by Crippen LogP contribution is 2.38. The number of piperazine rings is 1. The smallest absolute Gasteiger partial charge is 0.341 e. The highest BCUT2D eigenvalue weighted by molar-refractivity contribution is 5.93. The van der Waals surface area contributed by atoms with Crippen molar-refractivity contribution in [3.63, 3.8) is 0 Å². The lowest BCUT2D eigenvalue weighted by Crippen LogP contribution is -2.43. The second-order valence-corrected chi connectivity index (χ2v) is 8.46. The molecule has 2 aliphatic rings. The molecule has 2 fully saturated rings. The van der Waals surface area contributed by atoms with Crippen LogP contribution in [0.15, 0.2) is 23.1 Å². The zero-order chi connectivity index (χ0) is 24.1. The van der Waals surface area contributed by atoms with Crippen molar-refractivity contribution in [1.29, 1.82) is 0 Å². The predicted octanol–water partition coefficient (Wildman–Crippen LogP) is 2.17. The van der Waals surface area contributed by atoms with Gasteiger partial charge in [-0.05, 0) is 31.4 Å². The van der Waals surface area contributed by atoms with Crippen molar-refractivity contribution < 1.29 is 24.2 Å². The maximum Gasteiger partial charge on any atom is 0.341 e. The van der Waals surface area contributed by atoms with Crippen molar-refractivity contribution in [2.75, 3.05) is 31.1 Å². The Morgan fingerprint density at radius 3 is 2.45 bits per heavy atom. The monoisotopic (exact) mass is 462 g/mol. The second-order valence-electron chi connectivity index (χ2n) is 8.46. The number of carboxylic acids is 2. The fourth-order valence-corrected chi connectivity index (χ4v) is 3.86. The van der Waals surface area contributed by atoms with Crippen molar-refractivity contribution in [2.24, 2.45) is 5.73 Å². The van der Waals surface area contributed by atoms with Crippen LogP contribution >= 0.6 is 0 Å². The number of aromatic nitrogens is 1. The van der Waals surface area contributed by atoms with Gasteiger partial charge in [0, 0.05) is 43.8 Å². The van der Waals surface area contributed by atoms with Crippen LogP contribution in [0.2, 0.25) is 0 Å². The first kappa shape index (κ1) is 24.7. The average molecular weight is 463 g/mol. The number of hydrogen-bond acceptors (Lipinski definition) is 6. The number of unbranched alkanes of at least 4 members (excludes halogenated alkanes) is 1. The Morgan fingerprint density at radius 2 is 1.91 bits per heavy atom. The minimum atomic E-state index is -1.28. The van der Waals surface area contributed by atoms with Crippen molar-refractivity contribution in [2.45, 2.75) is 51.1 Å². The molecule has 180 valence electrons. The average Bonchev–Trinajstić information content (AvgIpc) is 3.63. The van der Waals surface area contributed by atoms with Crippen LogP contribution in [0.5, 0.6) is 0 Å². The number of nitrogens with one attached hydrogen (secondary N) is 1. The summed E-state index contributed by atoms with van der Waals surface area (Å²) in [5.41, 5.74) is 5.36. The van der Waals surface area contributed by atoms with Crippen molar-refractivity contribution in [3.8, 4) is 0 Å². The highest BCUT2D eigenvalue weighted by Gasteiger charge is 2.28. The Bertz CT molecular complexity index is 1080. The standard InChI is InChI=1S/C17H18FN3O3.C6H13NO2/c18-13-7-11-14(8-15(13)20-5-3-19-4-6-20)21(10-1-2-10)9-12(16(11)22)17(23)24;1-2-3-4-5(7)6(8)9/h7-10,19H,1-6H2,(H,23,24);5H,2-4,7H2,1H3,(H,8,9). The molecule has 5 N–H and O–H groups in total. The van der Waals surface area contributed by atoms with Gasteiger partial charge < -0.3 is 30.7 Å². The fraction of sp³-hybridized carbons (Fsp3) is 0.522. The molecule has 9 nitrogen and oxygen atoms in total. The summed E-state index contributed by atoms with van der Waals surface area (Å²) in [4.78, 5) is 35.8. The first-order chi connectivity index (χ1) is 15.7. The Labute approximate surface area is 191 Å². The molecule has 0 spiro atoms. The van der Waals surface area contributed by atoms with Gasteiger partial charge >= 0.3 is 11.9 Å². The van der Waals surface area contributed by atoms with Crippen LogP contribution in [0.4, 0.5) is 10.1 Å². The van der Waals surface area contributed by atoms with Gasteiger partial charge in [0.1, 0.15) is 17.4 Å². The topological polar surface area (TPSA) is 138 Å². The third-order valence-electron chi connectivity index (χ3n) is 5.91. The number of nitrogens with two attached hydrogens (primary N) is 1. The number of nitrogens with zero attached hydrogens (tertiary/aromatic N) is 2. The molecule has 10 heteroatoms. The number of fused-ring (bicyclic) bond motifs is 1. The van der Waals surface area contributed by atoms with E-state index in [-0.39, 0.29) is 17.0 Å². The van der Waals surface area contributed by atoms with Crippen LogP contribution in [-0.2, 0) is 4.79 Å². The molecular weight excluding hydrogens is 431 g/mol. The van der Waals surface area contributed by atoms with Gasteiger partial charge in [-0.1, -0.05) is 19.8 Å². The van der Waals surface area contributed by atoms with Crippen molar-refractivity contribution >= 4 is 28.5 Å². The molecule has 4 rings (SSSR count). The quantitative estimate of drug-likeness (QED) is 0.491. The van der Waals surface area contributed by atoms with Gasteiger partial charge in [0.15, 0.2) is 0 Å². The SMILES string of the molecule is CCCCC(N)C(=O)O.O=C(O)c1cn(C2CC2)c2cc(N3CCNCC3)c(F)cc2c1=O. The maximum absolute atomic E-state index is 14.6. The molecule has 1 saturated carbocycles. The van der Waals surface area contributed by atoms with Gasteiger partial charge in [-0.25, -0.2) is 9.18 Å². The van der Waals surface area contributed by atoms with Crippen LogP contribution in [-0.4, -0.2) is 58.9 Å². The summed E-state index contributed by atoms with van der Waals surface area (Å²) in [6, 6.07) is 2.42. The Kier molecular flexibility index (Phi) is 8.04. The summed E-state index contributed by atoms with van der Waals surface area (Å²) in [6.45, 7) is 4.97. The van der Waals surface area contributed by atoms with Gasteiger partial charge in [0.25, 0.3) is 0 Å². The first-order valence-corrected chi connectivity index (χ1v) is 11.3. The molecule has 1 unspecified atom stereocenters. The number of aromatic carboxylic acids is 1. The number of hydrogen-bond donors (Lipinski definition) is 4. The second kappa shape index (κ2) is 10.8. The lowest BCUT2D eigenvalue weighted by atomic mass is 10.1. The van der Waals surface area contributed by atoms with E-state index < -0.39 is 29.2 Å². The summed E-state index contributed by atoms with van der Waals surface area (Å²) in [5.74, 6) is -2.65. The normalized spacial score (nSPS) is 16.8. The Morgan fingerprint density at radius 1 is 1.24 bits per heavy atom. The molecule has 1 saturated heterocycles. The summed E-state index contributed by atoms with van der Waals surface area (Å²) in [7, 11) is 0. The number of carboxylic acid groups (broad SMARTS) is 2. The molecule has 0 bridgehead atoms.